The van der Waals surface area contributed by atoms with E-state index in [1.54, 1.807) is 0 Å². The molecule has 0 aromatic heterocycles. The van der Waals surface area contributed by atoms with E-state index in [2.05, 4.69) is 0 Å². The van der Waals surface area contributed by atoms with E-state index < -0.39 is 0 Å². The maximum atomic E-state index is 5.53. The Morgan fingerprint density at radius 2 is 2.22 bits per heavy atom. The standard InChI is InChI=1S/C6H10IO2/c1-2-5(1)8-6-3-4-7-9-6/h5-6H,1-4H2/q-1. The fourth-order valence-electron chi connectivity index (χ4n) is 0.801. The predicted molar refractivity (Wildman–Crippen MR) is 28.5 cm³/mol. The van der Waals surface area contributed by atoms with Gasteiger partial charge in [0.2, 0.25) is 0 Å². The van der Waals surface area contributed by atoms with Crippen molar-refractivity contribution in [2.75, 3.05) is 4.43 Å². The quantitative estimate of drug-likeness (QED) is 0.408. The summed E-state index contributed by atoms with van der Waals surface area (Å²) in [5.41, 5.74) is 0. The molecule has 2 aliphatic rings. The molecule has 0 spiro atoms. The van der Waals surface area contributed by atoms with Crippen LogP contribution in [0.2, 0.25) is 0 Å². The van der Waals surface area contributed by atoms with E-state index >= 15 is 0 Å². The molecule has 0 aromatic carbocycles. The average Bonchev–Trinajstić information content (AvgIpc) is 2.46. The second-order valence-corrected chi connectivity index (χ2v) is 4.65. The SMILES string of the molecule is C1CC(OC2CC2)O[I-]1. The first-order valence-electron chi connectivity index (χ1n) is 3.35. The molecule has 0 amide bonds. The molecule has 2 fully saturated rings. The first-order valence-corrected chi connectivity index (χ1v) is 5.76. The Morgan fingerprint density at radius 3 is 2.78 bits per heavy atom. The normalized spacial score (nSPS) is 36.2. The summed E-state index contributed by atoms with van der Waals surface area (Å²) in [6.45, 7) is 0. The molecule has 54 valence electrons. The van der Waals surface area contributed by atoms with Crippen molar-refractivity contribution >= 4 is 0 Å². The molecule has 1 saturated heterocycles. The number of halogens is 1. The molecule has 2 nitrogen and oxygen atoms in total. The minimum absolute atomic E-state index is 0.0729. The van der Waals surface area contributed by atoms with E-state index in [0.717, 1.165) is 6.42 Å². The second kappa shape index (κ2) is 2.72. The topological polar surface area (TPSA) is 18.5 Å². The molecule has 0 bridgehead atoms. The zero-order valence-electron chi connectivity index (χ0n) is 5.18. The molecule has 0 aromatic rings. The van der Waals surface area contributed by atoms with Gasteiger partial charge in [0.1, 0.15) is 0 Å². The molecule has 1 aliphatic heterocycles. The van der Waals surface area contributed by atoms with Crippen LogP contribution in [0.1, 0.15) is 19.3 Å². The third-order valence-electron chi connectivity index (χ3n) is 1.45. The van der Waals surface area contributed by atoms with Crippen molar-refractivity contribution in [3.63, 3.8) is 0 Å². The van der Waals surface area contributed by atoms with Crippen molar-refractivity contribution < 1.29 is 29.4 Å². The molecule has 1 heterocycles. The third kappa shape index (κ3) is 1.78. The Hall–Kier alpha value is 0.650. The van der Waals surface area contributed by atoms with Crippen molar-refractivity contribution in [2.24, 2.45) is 0 Å². The van der Waals surface area contributed by atoms with E-state index in [4.69, 9.17) is 7.80 Å². The van der Waals surface area contributed by atoms with E-state index in [1.807, 2.05) is 0 Å². The van der Waals surface area contributed by atoms with Crippen LogP contribution in [0, 0.1) is 0 Å². The van der Waals surface area contributed by atoms with Crippen LogP contribution in [0.3, 0.4) is 0 Å². The van der Waals surface area contributed by atoms with E-state index in [1.165, 1.54) is 17.3 Å². The van der Waals surface area contributed by atoms with E-state index in [-0.39, 0.29) is 27.9 Å². The maximum absolute atomic E-state index is 5.53. The van der Waals surface area contributed by atoms with Gasteiger partial charge in [0.25, 0.3) is 0 Å². The molecule has 1 unspecified atom stereocenters. The van der Waals surface area contributed by atoms with Gasteiger partial charge >= 0.3 is 65.5 Å². The van der Waals surface area contributed by atoms with Crippen LogP contribution in [0.4, 0.5) is 0 Å². The summed E-state index contributed by atoms with van der Waals surface area (Å²) >= 11 is 0.0729. The molecular weight excluding hydrogens is 231 g/mol. The van der Waals surface area contributed by atoms with Crippen molar-refractivity contribution in [1.29, 1.82) is 0 Å². The Bertz CT molecular complexity index is 97.2. The molecule has 1 atom stereocenters. The predicted octanol–water partition coefficient (Wildman–Crippen LogP) is -2.08. The molecular formula is C6H10IO2-. The number of hydrogen-bond acceptors (Lipinski definition) is 2. The number of rotatable bonds is 2. The van der Waals surface area contributed by atoms with Gasteiger partial charge in [0.05, 0.1) is 0 Å². The summed E-state index contributed by atoms with van der Waals surface area (Å²) in [6, 6.07) is 0. The summed E-state index contributed by atoms with van der Waals surface area (Å²) in [6.07, 6.45) is 4.45. The third-order valence-corrected chi connectivity index (χ3v) is 3.44. The zero-order valence-corrected chi connectivity index (χ0v) is 7.34. The monoisotopic (exact) mass is 241 g/mol. The molecule has 1 saturated carbocycles. The summed E-state index contributed by atoms with van der Waals surface area (Å²) in [4.78, 5) is 0. The summed E-state index contributed by atoms with van der Waals surface area (Å²) in [7, 11) is 0. The molecule has 0 N–H and O–H groups in total. The summed E-state index contributed by atoms with van der Waals surface area (Å²) in [5, 5.41) is 0. The van der Waals surface area contributed by atoms with Gasteiger partial charge in [0, 0.05) is 0 Å². The van der Waals surface area contributed by atoms with Gasteiger partial charge in [0.15, 0.2) is 0 Å². The Labute approximate surface area is 65.7 Å². The van der Waals surface area contributed by atoms with Gasteiger partial charge in [-0.2, -0.15) is 0 Å². The summed E-state index contributed by atoms with van der Waals surface area (Å²) < 4.78 is 12.2. The van der Waals surface area contributed by atoms with Crippen LogP contribution in [0.15, 0.2) is 0 Å². The Morgan fingerprint density at radius 1 is 1.33 bits per heavy atom. The van der Waals surface area contributed by atoms with Crippen LogP contribution in [0.25, 0.3) is 0 Å². The van der Waals surface area contributed by atoms with E-state index in [9.17, 15) is 0 Å². The van der Waals surface area contributed by atoms with Gasteiger partial charge in [-0.25, -0.2) is 0 Å². The van der Waals surface area contributed by atoms with Gasteiger partial charge in [-0.05, 0) is 0 Å². The molecule has 9 heavy (non-hydrogen) atoms. The number of alkyl halides is 1. The Kier molecular flexibility index (Phi) is 1.92. The van der Waals surface area contributed by atoms with Crippen molar-refractivity contribution in [1.82, 2.24) is 0 Å². The number of ether oxygens (including phenoxy) is 1. The molecule has 2 rings (SSSR count). The fourth-order valence-corrected chi connectivity index (χ4v) is 2.59. The van der Waals surface area contributed by atoms with E-state index in [0.29, 0.717) is 6.10 Å². The first kappa shape index (κ1) is 6.37. The van der Waals surface area contributed by atoms with Crippen LogP contribution < -0.4 is 21.6 Å². The van der Waals surface area contributed by atoms with Crippen LogP contribution >= 0.6 is 0 Å². The van der Waals surface area contributed by atoms with Crippen molar-refractivity contribution in [3.8, 4) is 0 Å². The second-order valence-electron chi connectivity index (χ2n) is 2.44. The average molecular weight is 241 g/mol. The first-order chi connectivity index (χ1) is 4.45. The summed E-state index contributed by atoms with van der Waals surface area (Å²) in [5.74, 6) is 0. The van der Waals surface area contributed by atoms with Gasteiger partial charge in [-0.1, -0.05) is 0 Å². The number of hydrogen-bond donors (Lipinski definition) is 0. The zero-order chi connectivity index (χ0) is 6.10. The van der Waals surface area contributed by atoms with Gasteiger partial charge in [-0.15, -0.1) is 0 Å². The van der Waals surface area contributed by atoms with Gasteiger partial charge < -0.3 is 0 Å². The van der Waals surface area contributed by atoms with Crippen molar-refractivity contribution in [3.05, 3.63) is 0 Å². The van der Waals surface area contributed by atoms with Crippen LogP contribution in [-0.4, -0.2) is 16.8 Å². The van der Waals surface area contributed by atoms with Crippen molar-refractivity contribution in [2.45, 2.75) is 31.7 Å². The van der Waals surface area contributed by atoms with Crippen LogP contribution in [0.5, 0.6) is 0 Å². The fraction of sp³-hybridized carbons (Fsp3) is 1.00. The van der Waals surface area contributed by atoms with Crippen LogP contribution in [-0.2, 0) is 7.80 Å². The molecule has 1 aliphatic carbocycles. The molecule has 3 heteroatoms. The van der Waals surface area contributed by atoms with Gasteiger partial charge in [-0.3, -0.25) is 0 Å². The molecule has 0 radical (unpaired) electrons. The minimum atomic E-state index is 0.0729. The Balaban J connectivity index is 1.70.